The first-order valence-corrected chi connectivity index (χ1v) is 9.63. The molecule has 140 valence electrons. The third kappa shape index (κ3) is 3.36. The predicted octanol–water partition coefficient (Wildman–Crippen LogP) is 5.21. The van der Waals surface area contributed by atoms with Crippen LogP contribution in [-0.4, -0.2) is 11.7 Å². The van der Waals surface area contributed by atoms with E-state index in [9.17, 15) is 9.59 Å². The topological polar surface area (TPSA) is 37.4 Å². The van der Waals surface area contributed by atoms with E-state index in [1.54, 1.807) is 13.8 Å². The van der Waals surface area contributed by atoms with Gasteiger partial charge in [0, 0.05) is 18.2 Å². The van der Waals surface area contributed by atoms with Crippen LogP contribution < -0.4 is 4.90 Å². The van der Waals surface area contributed by atoms with Crippen LogP contribution in [0.15, 0.2) is 66.7 Å². The Kier molecular flexibility index (Phi) is 4.82. The molecular formula is C25H23NO2. The van der Waals surface area contributed by atoms with Gasteiger partial charge in [0.15, 0.2) is 5.78 Å². The number of Topliss-reactive ketones (excluding diaryl/α,β-unsaturated/α-hetero) is 1. The monoisotopic (exact) mass is 369 g/mol. The van der Waals surface area contributed by atoms with Gasteiger partial charge in [0.2, 0.25) is 5.91 Å². The maximum absolute atomic E-state index is 12.4. The fraction of sp³-hybridized carbons (Fsp3) is 0.200. The van der Waals surface area contributed by atoms with Gasteiger partial charge in [-0.2, -0.15) is 0 Å². The summed E-state index contributed by atoms with van der Waals surface area (Å²) in [5.74, 6) is 0.0940. The number of carbonyl (C=O) groups excluding carboxylic acids is 2. The molecule has 0 unspecified atom stereocenters. The van der Waals surface area contributed by atoms with E-state index in [-0.39, 0.29) is 11.7 Å². The summed E-state index contributed by atoms with van der Waals surface area (Å²) in [5, 5.41) is 0. The molecule has 0 aliphatic carbocycles. The number of aryl methyl sites for hydroxylation is 2. The van der Waals surface area contributed by atoms with Crippen LogP contribution in [0.1, 0.15) is 40.9 Å². The predicted molar refractivity (Wildman–Crippen MR) is 113 cm³/mol. The fourth-order valence-corrected chi connectivity index (χ4v) is 4.02. The normalized spacial score (nSPS) is 13.1. The van der Waals surface area contributed by atoms with Crippen LogP contribution >= 0.6 is 0 Å². The zero-order chi connectivity index (χ0) is 19.7. The van der Waals surface area contributed by atoms with E-state index in [4.69, 9.17) is 0 Å². The molecule has 1 amide bonds. The fourth-order valence-electron chi connectivity index (χ4n) is 4.02. The largest absolute Gasteiger partial charge is 0.308 e. The standard InChI is InChI=1S/C25H23NO2/c1-17(27)23-8-4-5-9-24(23)21-14-12-19-11-13-20-7-3-6-10-25(20)26(18(2)28)16-22(19)15-21/h3-10,12,14-15H,11,13,16H2,1-2H3. The molecule has 0 N–H and O–H groups in total. The molecule has 3 aromatic carbocycles. The van der Waals surface area contributed by atoms with Gasteiger partial charge < -0.3 is 4.90 Å². The van der Waals surface area contributed by atoms with E-state index >= 15 is 0 Å². The minimum Gasteiger partial charge on any atom is -0.308 e. The van der Waals surface area contributed by atoms with Gasteiger partial charge in [0.25, 0.3) is 0 Å². The van der Waals surface area contributed by atoms with Crippen molar-refractivity contribution in [3.63, 3.8) is 0 Å². The van der Waals surface area contributed by atoms with Gasteiger partial charge in [-0.1, -0.05) is 54.6 Å². The van der Waals surface area contributed by atoms with Crippen molar-refractivity contribution in [1.82, 2.24) is 0 Å². The minimum absolute atomic E-state index is 0.0369. The van der Waals surface area contributed by atoms with Crippen LogP contribution in [0, 0.1) is 0 Å². The number of fused-ring (bicyclic) bond motifs is 2. The van der Waals surface area contributed by atoms with Crippen LogP contribution in [0.2, 0.25) is 0 Å². The lowest BCUT2D eigenvalue weighted by molar-refractivity contribution is -0.116. The summed E-state index contributed by atoms with van der Waals surface area (Å²) in [4.78, 5) is 26.3. The first-order chi connectivity index (χ1) is 13.5. The second-order valence-electron chi connectivity index (χ2n) is 7.32. The van der Waals surface area contributed by atoms with E-state index in [0.717, 1.165) is 40.8 Å². The second-order valence-corrected chi connectivity index (χ2v) is 7.32. The molecule has 0 aromatic heterocycles. The van der Waals surface area contributed by atoms with E-state index in [1.165, 1.54) is 11.1 Å². The summed E-state index contributed by atoms with van der Waals surface area (Å²) in [6.07, 6.45) is 1.84. The summed E-state index contributed by atoms with van der Waals surface area (Å²) in [6.45, 7) is 3.76. The van der Waals surface area contributed by atoms with Gasteiger partial charge in [-0.05, 0) is 59.7 Å². The smallest absolute Gasteiger partial charge is 0.224 e. The average Bonchev–Trinajstić information content (AvgIpc) is 2.69. The lowest BCUT2D eigenvalue weighted by Gasteiger charge is -2.28. The van der Waals surface area contributed by atoms with E-state index in [0.29, 0.717) is 6.54 Å². The van der Waals surface area contributed by atoms with Gasteiger partial charge in [0.05, 0.1) is 6.54 Å². The van der Waals surface area contributed by atoms with Crippen LogP contribution in [0.3, 0.4) is 0 Å². The zero-order valence-electron chi connectivity index (χ0n) is 16.2. The highest BCUT2D eigenvalue weighted by Crippen LogP contribution is 2.32. The Morgan fingerprint density at radius 1 is 0.786 bits per heavy atom. The summed E-state index contributed by atoms with van der Waals surface area (Å²) >= 11 is 0. The molecular weight excluding hydrogens is 346 g/mol. The third-order valence-corrected chi connectivity index (χ3v) is 5.48. The number of carbonyl (C=O) groups is 2. The molecule has 1 aliphatic rings. The van der Waals surface area contributed by atoms with Crippen molar-refractivity contribution in [2.24, 2.45) is 0 Å². The Labute approximate surface area is 165 Å². The number of ketones is 1. The van der Waals surface area contributed by atoms with Crippen molar-refractivity contribution < 1.29 is 9.59 Å². The van der Waals surface area contributed by atoms with Crippen LogP contribution in [0.4, 0.5) is 5.69 Å². The number of hydrogen-bond acceptors (Lipinski definition) is 2. The van der Waals surface area contributed by atoms with Crippen LogP contribution in [0.25, 0.3) is 11.1 Å². The Hall–Kier alpha value is -3.20. The third-order valence-electron chi connectivity index (χ3n) is 5.48. The van der Waals surface area contributed by atoms with Crippen molar-refractivity contribution in [3.05, 3.63) is 89.0 Å². The van der Waals surface area contributed by atoms with Crippen molar-refractivity contribution in [2.75, 3.05) is 4.90 Å². The van der Waals surface area contributed by atoms with E-state index in [1.807, 2.05) is 47.4 Å². The highest BCUT2D eigenvalue weighted by atomic mass is 16.2. The van der Waals surface area contributed by atoms with E-state index < -0.39 is 0 Å². The van der Waals surface area contributed by atoms with Crippen molar-refractivity contribution in [2.45, 2.75) is 33.2 Å². The molecule has 0 atom stereocenters. The minimum atomic E-state index is 0.0369. The molecule has 0 saturated carbocycles. The summed E-state index contributed by atoms with van der Waals surface area (Å²) in [6, 6.07) is 22.2. The van der Waals surface area contributed by atoms with Gasteiger partial charge in [-0.15, -0.1) is 0 Å². The molecule has 0 radical (unpaired) electrons. The number of rotatable bonds is 2. The first-order valence-electron chi connectivity index (χ1n) is 9.63. The lowest BCUT2D eigenvalue weighted by Crippen LogP contribution is -2.30. The Morgan fingerprint density at radius 2 is 1.50 bits per heavy atom. The lowest BCUT2D eigenvalue weighted by atomic mass is 9.91. The van der Waals surface area contributed by atoms with Crippen molar-refractivity contribution in [1.29, 1.82) is 0 Å². The zero-order valence-corrected chi connectivity index (χ0v) is 16.2. The Morgan fingerprint density at radius 3 is 2.29 bits per heavy atom. The Balaban J connectivity index is 1.80. The summed E-state index contributed by atoms with van der Waals surface area (Å²) in [5.41, 5.74) is 7.27. The molecule has 4 rings (SSSR count). The first kappa shape index (κ1) is 18.2. The molecule has 28 heavy (non-hydrogen) atoms. The van der Waals surface area contributed by atoms with Crippen LogP contribution in [0.5, 0.6) is 0 Å². The summed E-state index contributed by atoms with van der Waals surface area (Å²) < 4.78 is 0. The number of benzene rings is 3. The molecule has 1 aliphatic heterocycles. The number of hydrogen-bond donors (Lipinski definition) is 0. The second kappa shape index (κ2) is 7.43. The van der Waals surface area contributed by atoms with Gasteiger partial charge in [0.1, 0.15) is 0 Å². The van der Waals surface area contributed by atoms with Gasteiger partial charge >= 0.3 is 0 Å². The van der Waals surface area contributed by atoms with Gasteiger partial charge in [-0.25, -0.2) is 0 Å². The molecule has 3 aromatic rings. The molecule has 3 nitrogen and oxygen atoms in total. The average molecular weight is 369 g/mol. The number of anilines is 1. The molecule has 0 fully saturated rings. The molecule has 1 heterocycles. The summed E-state index contributed by atoms with van der Waals surface area (Å²) in [7, 11) is 0. The molecule has 0 saturated heterocycles. The SMILES string of the molecule is CC(=O)c1ccccc1-c1ccc2c(c1)CN(C(C)=O)c1ccccc1CC2. The number of para-hydroxylation sites is 1. The highest BCUT2D eigenvalue weighted by Gasteiger charge is 2.21. The quantitative estimate of drug-likeness (QED) is 0.582. The molecule has 3 heteroatoms. The maximum Gasteiger partial charge on any atom is 0.224 e. The number of nitrogens with zero attached hydrogens (tertiary/aromatic N) is 1. The van der Waals surface area contributed by atoms with Crippen LogP contribution in [-0.2, 0) is 24.2 Å². The number of amides is 1. The van der Waals surface area contributed by atoms with E-state index in [2.05, 4.69) is 24.3 Å². The molecule has 0 bridgehead atoms. The molecule has 0 spiro atoms. The van der Waals surface area contributed by atoms with Crippen molar-refractivity contribution >= 4 is 17.4 Å². The van der Waals surface area contributed by atoms with Crippen molar-refractivity contribution in [3.8, 4) is 11.1 Å². The maximum atomic E-state index is 12.4. The Bertz CT molecular complexity index is 1070. The van der Waals surface area contributed by atoms with Gasteiger partial charge in [-0.3, -0.25) is 9.59 Å². The highest BCUT2D eigenvalue weighted by molar-refractivity contribution is 6.01.